The summed E-state index contributed by atoms with van der Waals surface area (Å²) in [7, 11) is -4.63. The Kier molecular flexibility index (Phi) is 39.0. The first kappa shape index (κ1) is 52.7. The monoisotopic (exact) mass is 791 g/mol. The predicted octanol–water partition coefficient (Wildman–Crippen LogP) is 11.6. The summed E-state index contributed by atoms with van der Waals surface area (Å²) < 4.78 is 32.5. The van der Waals surface area contributed by atoms with E-state index in [9.17, 15) is 29.3 Å². The number of hydrogen-bond acceptors (Lipinski definition) is 9. The van der Waals surface area contributed by atoms with Gasteiger partial charge >= 0.3 is 19.8 Å². The van der Waals surface area contributed by atoms with Crippen LogP contribution in [0.1, 0.15) is 213 Å². The molecule has 0 aliphatic heterocycles. The van der Waals surface area contributed by atoms with E-state index in [-0.39, 0.29) is 12.8 Å². The lowest BCUT2D eigenvalue weighted by atomic mass is 10.0. The Morgan fingerprint density at radius 1 is 0.481 bits per heavy atom. The largest absolute Gasteiger partial charge is 0.472 e. The zero-order chi connectivity index (χ0) is 39.8. The van der Waals surface area contributed by atoms with Gasteiger partial charge in [0.25, 0.3) is 0 Å². The van der Waals surface area contributed by atoms with Crippen molar-refractivity contribution in [1.82, 2.24) is 0 Å². The fourth-order valence-electron chi connectivity index (χ4n) is 6.30. The minimum atomic E-state index is -4.63. The van der Waals surface area contributed by atoms with Crippen molar-refractivity contribution >= 4 is 19.8 Å². The molecule has 0 aromatic carbocycles. The summed E-state index contributed by atoms with van der Waals surface area (Å²) in [5.41, 5.74) is 0. The van der Waals surface area contributed by atoms with Crippen molar-refractivity contribution in [1.29, 1.82) is 0 Å². The lowest BCUT2D eigenvalue weighted by Crippen LogP contribution is -2.28. The van der Waals surface area contributed by atoms with Gasteiger partial charge in [0.1, 0.15) is 12.2 Å². The van der Waals surface area contributed by atoms with Crippen LogP contribution >= 0.6 is 7.82 Å². The SMILES string of the molecule is CCC/C=C\CCCCCCCC(=O)OC(CO)COP(=O)(O)OCC(CO)OC(=O)CCCCCCCCCCCCCCCCCCCCCCC. The van der Waals surface area contributed by atoms with Gasteiger partial charge in [-0.15, -0.1) is 0 Å². The number of allylic oxidation sites excluding steroid dienone is 2. The van der Waals surface area contributed by atoms with Crippen molar-refractivity contribution < 1.29 is 47.8 Å². The van der Waals surface area contributed by atoms with E-state index in [4.69, 9.17) is 18.5 Å². The van der Waals surface area contributed by atoms with Crippen molar-refractivity contribution in [2.45, 2.75) is 225 Å². The predicted molar refractivity (Wildman–Crippen MR) is 219 cm³/mol. The highest BCUT2D eigenvalue weighted by Gasteiger charge is 2.27. The Morgan fingerprint density at radius 2 is 0.796 bits per heavy atom. The number of carbonyl (C=O) groups excluding carboxylic acids is 2. The third kappa shape index (κ3) is 37.6. The van der Waals surface area contributed by atoms with Crippen molar-refractivity contribution in [3.63, 3.8) is 0 Å². The number of phosphoric acid groups is 1. The van der Waals surface area contributed by atoms with Gasteiger partial charge in [-0.05, 0) is 32.1 Å². The highest BCUT2D eigenvalue weighted by molar-refractivity contribution is 7.47. The first-order valence-corrected chi connectivity index (χ1v) is 23.6. The average Bonchev–Trinajstić information content (AvgIpc) is 3.16. The topological polar surface area (TPSA) is 149 Å². The molecule has 0 bridgehead atoms. The summed E-state index contributed by atoms with van der Waals surface area (Å²) in [6.07, 6.45) is 37.7. The molecule has 3 atom stereocenters. The van der Waals surface area contributed by atoms with Gasteiger partial charge in [0.15, 0.2) is 0 Å². The minimum absolute atomic E-state index is 0.184. The summed E-state index contributed by atoms with van der Waals surface area (Å²) >= 11 is 0. The first-order chi connectivity index (χ1) is 26.3. The molecule has 0 saturated carbocycles. The Labute approximate surface area is 330 Å². The number of phosphoric ester groups is 1. The Morgan fingerprint density at radius 3 is 1.13 bits per heavy atom. The second-order valence-electron chi connectivity index (χ2n) is 15.0. The second kappa shape index (κ2) is 39.9. The summed E-state index contributed by atoms with van der Waals surface area (Å²) in [6.45, 7) is 2.16. The molecule has 0 fully saturated rings. The standard InChI is InChI=1S/C43H83O10P/c1-3-5-7-9-11-13-15-16-17-18-19-20-21-22-23-24-25-27-29-31-33-35-43(47)53-41(37-45)39-51-54(48,49)50-38-40(36-44)52-42(46)34-32-30-28-26-14-12-10-8-6-4-2/h8,10,40-41,44-45H,3-7,9,11-39H2,1-2H3,(H,48,49)/b10-8-. The maximum atomic E-state index is 12.3. The lowest BCUT2D eigenvalue weighted by Gasteiger charge is -2.20. The van der Waals surface area contributed by atoms with Crippen LogP contribution in [0.4, 0.5) is 0 Å². The fraction of sp³-hybridized carbons (Fsp3) is 0.907. The quantitative estimate of drug-likeness (QED) is 0.0236. The van der Waals surface area contributed by atoms with E-state index < -0.39 is 58.4 Å². The zero-order valence-corrected chi connectivity index (χ0v) is 35.6. The highest BCUT2D eigenvalue weighted by Crippen LogP contribution is 2.43. The molecule has 0 aromatic rings. The van der Waals surface area contributed by atoms with Crippen LogP contribution in [-0.2, 0) is 32.7 Å². The lowest BCUT2D eigenvalue weighted by molar-refractivity contribution is -0.153. The Bertz CT molecular complexity index is 915. The molecule has 0 saturated heterocycles. The first-order valence-electron chi connectivity index (χ1n) is 22.1. The molecular formula is C43H83O10P. The molecule has 11 heteroatoms. The number of ether oxygens (including phenoxy) is 2. The van der Waals surface area contributed by atoms with Crippen molar-refractivity contribution in [2.75, 3.05) is 26.4 Å². The fourth-order valence-corrected chi connectivity index (χ4v) is 7.08. The number of esters is 2. The summed E-state index contributed by atoms with van der Waals surface area (Å²) in [4.78, 5) is 34.4. The van der Waals surface area contributed by atoms with E-state index in [1.807, 2.05) is 0 Å². The van der Waals surface area contributed by atoms with Crippen LogP contribution in [0.25, 0.3) is 0 Å². The average molecular weight is 791 g/mol. The normalized spacial score (nSPS) is 13.9. The van der Waals surface area contributed by atoms with Crippen molar-refractivity contribution in [3.05, 3.63) is 12.2 Å². The molecule has 10 nitrogen and oxygen atoms in total. The molecule has 320 valence electrons. The number of hydrogen-bond donors (Lipinski definition) is 3. The van der Waals surface area contributed by atoms with E-state index in [0.717, 1.165) is 64.2 Å². The third-order valence-corrected chi connectivity index (χ3v) is 10.7. The van der Waals surface area contributed by atoms with Crippen LogP contribution in [0.2, 0.25) is 0 Å². The molecule has 0 heterocycles. The van der Waals surface area contributed by atoms with Crippen LogP contribution in [-0.4, -0.2) is 65.7 Å². The van der Waals surface area contributed by atoms with Crippen LogP contribution in [0.15, 0.2) is 12.2 Å². The molecule has 0 spiro atoms. The number of carbonyl (C=O) groups is 2. The molecule has 0 rings (SSSR count). The highest BCUT2D eigenvalue weighted by atomic mass is 31.2. The van der Waals surface area contributed by atoms with Gasteiger partial charge in [0, 0.05) is 12.8 Å². The minimum Gasteiger partial charge on any atom is -0.457 e. The Balaban J connectivity index is 3.82. The van der Waals surface area contributed by atoms with Gasteiger partial charge in [-0.25, -0.2) is 4.57 Å². The van der Waals surface area contributed by atoms with Crippen LogP contribution < -0.4 is 0 Å². The van der Waals surface area contributed by atoms with Crippen LogP contribution in [0, 0.1) is 0 Å². The third-order valence-electron chi connectivity index (χ3n) is 9.71. The van der Waals surface area contributed by atoms with Crippen molar-refractivity contribution in [2.24, 2.45) is 0 Å². The summed E-state index contributed by atoms with van der Waals surface area (Å²) in [5, 5.41) is 19.1. The number of rotatable bonds is 42. The number of aliphatic hydroxyl groups is 2. The molecule has 54 heavy (non-hydrogen) atoms. The van der Waals surface area contributed by atoms with E-state index in [2.05, 4.69) is 26.0 Å². The maximum absolute atomic E-state index is 12.3. The smallest absolute Gasteiger partial charge is 0.457 e. The molecule has 3 N–H and O–H groups in total. The number of unbranched alkanes of at least 4 members (excludes halogenated alkanes) is 26. The number of aliphatic hydroxyl groups excluding tert-OH is 2. The summed E-state index contributed by atoms with van der Waals surface area (Å²) in [6, 6.07) is 0. The van der Waals surface area contributed by atoms with E-state index in [1.54, 1.807) is 0 Å². The van der Waals surface area contributed by atoms with Gasteiger partial charge < -0.3 is 24.6 Å². The van der Waals surface area contributed by atoms with E-state index in [1.165, 1.54) is 109 Å². The van der Waals surface area contributed by atoms with Gasteiger partial charge in [-0.1, -0.05) is 180 Å². The van der Waals surface area contributed by atoms with Gasteiger partial charge in [0.2, 0.25) is 0 Å². The summed E-state index contributed by atoms with van der Waals surface area (Å²) in [5.74, 6) is -1.02. The van der Waals surface area contributed by atoms with Gasteiger partial charge in [-0.3, -0.25) is 18.6 Å². The molecule has 0 aromatic heterocycles. The van der Waals surface area contributed by atoms with Crippen molar-refractivity contribution in [3.8, 4) is 0 Å². The molecule has 0 aliphatic carbocycles. The molecule has 0 aliphatic rings. The van der Waals surface area contributed by atoms with E-state index >= 15 is 0 Å². The van der Waals surface area contributed by atoms with Crippen LogP contribution in [0.5, 0.6) is 0 Å². The second-order valence-corrected chi connectivity index (χ2v) is 16.5. The van der Waals surface area contributed by atoms with Crippen LogP contribution in [0.3, 0.4) is 0 Å². The van der Waals surface area contributed by atoms with E-state index in [0.29, 0.717) is 12.8 Å². The maximum Gasteiger partial charge on any atom is 0.472 e. The van der Waals surface area contributed by atoms with Gasteiger partial charge in [-0.2, -0.15) is 0 Å². The molecule has 0 amide bonds. The molecule has 3 unspecified atom stereocenters. The molecular weight excluding hydrogens is 707 g/mol. The Hall–Kier alpha value is -1.29. The molecule has 0 radical (unpaired) electrons. The van der Waals surface area contributed by atoms with Gasteiger partial charge in [0.05, 0.1) is 26.4 Å². The zero-order valence-electron chi connectivity index (χ0n) is 34.7.